The molecule has 140 valence electrons. The molecule has 0 unspecified atom stereocenters. The molecule has 1 saturated heterocycles. The molecular formula is C20H21N3O4. The molecule has 0 aliphatic carbocycles. The van der Waals surface area contributed by atoms with E-state index in [0.29, 0.717) is 18.2 Å². The molecule has 0 radical (unpaired) electrons. The van der Waals surface area contributed by atoms with Crippen LogP contribution in [0, 0.1) is 0 Å². The summed E-state index contributed by atoms with van der Waals surface area (Å²) >= 11 is 0. The summed E-state index contributed by atoms with van der Waals surface area (Å²) in [5, 5.41) is 3.83. The number of benzene rings is 1. The molecule has 1 N–H and O–H groups in total. The van der Waals surface area contributed by atoms with Crippen LogP contribution >= 0.6 is 0 Å². The van der Waals surface area contributed by atoms with Crippen molar-refractivity contribution in [3.8, 4) is 5.75 Å². The lowest BCUT2D eigenvalue weighted by Gasteiger charge is -2.22. The van der Waals surface area contributed by atoms with Crippen LogP contribution in [0.25, 0.3) is 10.9 Å². The fraction of sp³-hybridized carbons (Fsp3) is 0.350. The third-order valence-corrected chi connectivity index (χ3v) is 4.49. The molecule has 1 fully saturated rings. The summed E-state index contributed by atoms with van der Waals surface area (Å²) in [7, 11) is 0. The van der Waals surface area contributed by atoms with Gasteiger partial charge in [0.1, 0.15) is 12.0 Å². The Morgan fingerprint density at radius 2 is 2.26 bits per heavy atom. The van der Waals surface area contributed by atoms with Crippen LogP contribution in [0.3, 0.4) is 0 Å². The number of hydrogen-bond donors (Lipinski definition) is 1. The molecule has 0 spiro atoms. The smallest absolute Gasteiger partial charge is 0.273 e. The van der Waals surface area contributed by atoms with Gasteiger partial charge in [0.15, 0.2) is 12.3 Å². The average Bonchev–Trinajstić information content (AvgIpc) is 3.20. The van der Waals surface area contributed by atoms with Crippen molar-refractivity contribution in [1.29, 1.82) is 0 Å². The van der Waals surface area contributed by atoms with Crippen LogP contribution < -0.4 is 10.1 Å². The van der Waals surface area contributed by atoms with Crippen LogP contribution in [0.15, 0.2) is 47.2 Å². The molecule has 7 nitrogen and oxygen atoms in total. The molecule has 0 saturated carbocycles. The lowest BCUT2D eigenvalue weighted by Crippen LogP contribution is -2.35. The third-order valence-electron chi connectivity index (χ3n) is 4.49. The van der Waals surface area contributed by atoms with Gasteiger partial charge in [0, 0.05) is 24.7 Å². The maximum absolute atomic E-state index is 12.2. The summed E-state index contributed by atoms with van der Waals surface area (Å²) in [5.41, 5.74) is 1.15. The van der Waals surface area contributed by atoms with Crippen molar-refractivity contribution >= 4 is 16.8 Å². The highest BCUT2D eigenvalue weighted by atomic mass is 16.5. The normalized spacial score (nSPS) is 17.0. The van der Waals surface area contributed by atoms with E-state index in [9.17, 15) is 4.79 Å². The number of rotatable bonds is 6. The molecule has 2 aromatic heterocycles. The highest BCUT2D eigenvalue weighted by molar-refractivity contribution is 5.91. The first kappa shape index (κ1) is 17.5. The van der Waals surface area contributed by atoms with Crippen molar-refractivity contribution in [2.75, 3.05) is 13.2 Å². The van der Waals surface area contributed by atoms with E-state index in [-0.39, 0.29) is 24.3 Å². The largest absolute Gasteiger partial charge is 0.484 e. The van der Waals surface area contributed by atoms with E-state index in [1.54, 1.807) is 6.20 Å². The monoisotopic (exact) mass is 367 g/mol. The zero-order chi connectivity index (χ0) is 18.5. The number of ether oxygens (including phenoxy) is 2. The number of aromatic nitrogens is 2. The van der Waals surface area contributed by atoms with Crippen molar-refractivity contribution in [3.05, 3.63) is 54.4 Å². The van der Waals surface area contributed by atoms with E-state index >= 15 is 0 Å². The van der Waals surface area contributed by atoms with Crippen LogP contribution in [0.2, 0.25) is 0 Å². The van der Waals surface area contributed by atoms with Gasteiger partial charge in [0.25, 0.3) is 5.91 Å². The van der Waals surface area contributed by atoms with Crippen molar-refractivity contribution in [1.82, 2.24) is 15.3 Å². The van der Waals surface area contributed by atoms with Gasteiger partial charge in [0.05, 0.1) is 11.6 Å². The van der Waals surface area contributed by atoms with Gasteiger partial charge in [-0.25, -0.2) is 4.98 Å². The van der Waals surface area contributed by atoms with E-state index in [1.165, 1.54) is 6.26 Å². The molecular weight excluding hydrogens is 346 g/mol. The molecule has 1 aliphatic rings. The lowest BCUT2D eigenvalue weighted by atomic mass is 10.1. The first-order valence-corrected chi connectivity index (χ1v) is 9.10. The molecule has 27 heavy (non-hydrogen) atoms. The minimum Gasteiger partial charge on any atom is -0.484 e. The summed E-state index contributed by atoms with van der Waals surface area (Å²) in [4.78, 5) is 20.7. The van der Waals surface area contributed by atoms with Gasteiger partial charge in [-0.05, 0) is 43.5 Å². The van der Waals surface area contributed by atoms with Crippen LogP contribution in [-0.2, 0) is 11.3 Å². The fourth-order valence-electron chi connectivity index (χ4n) is 3.04. The third kappa shape index (κ3) is 4.43. The quantitative estimate of drug-likeness (QED) is 0.720. The fourth-order valence-corrected chi connectivity index (χ4v) is 3.04. The number of pyridine rings is 1. The molecule has 1 atom stereocenters. The van der Waals surface area contributed by atoms with Gasteiger partial charge in [-0.2, -0.15) is 0 Å². The molecule has 1 amide bonds. The minimum atomic E-state index is -0.268. The van der Waals surface area contributed by atoms with Crippen molar-refractivity contribution < 1.29 is 18.7 Å². The number of nitrogens with zero attached hydrogens (tertiary/aromatic N) is 2. The summed E-state index contributed by atoms with van der Waals surface area (Å²) in [6, 6.07) is 9.49. The Hall–Kier alpha value is -2.93. The maximum atomic E-state index is 12.2. The van der Waals surface area contributed by atoms with Crippen LogP contribution in [-0.4, -0.2) is 35.1 Å². The number of amides is 1. The van der Waals surface area contributed by atoms with Gasteiger partial charge < -0.3 is 19.2 Å². The van der Waals surface area contributed by atoms with Crippen molar-refractivity contribution in [2.24, 2.45) is 0 Å². The molecule has 1 aliphatic heterocycles. The van der Waals surface area contributed by atoms with Crippen LogP contribution in [0.5, 0.6) is 5.75 Å². The summed E-state index contributed by atoms with van der Waals surface area (Å²) in [6.45, 7) is 1.39. The predicted octanol–water partition coefficient (Wildman–Crippen LogP) is 3.10. The van der Waals surface area contributed by atoms with Crippen LogP contribution in [0.4, 0.5) is 0 Å². The Labute approximate surface area is 156 Å². The first-order chi connectivity index (χ1) is 13.3. The molecule has 0 bridgehead atoms. The van der Waals surface area contributed by atoms with Gasteiger partial charge in [0.2, 0.25) is 5.89 Å². The predicted molar refractivity (Wildman–Crippen MR) is 98.5 cm³/mol. The second-order valence-electron chi connectivity index (χ2n) is 6.47. The Morgan fingerprint density at radius 3 is 3.15 bits per heavy atom. The van der Waals surface area contributed by atoms with Gasteiger partial charge >= 0.3 is 0 Å². The second kappa shape index (κ2) is 8.18. The van der Waals surface area contributed by atoms with Crippen molar-refractivity contribution in [2.45, 2.75) is 32.0 Å². The zero-order valence-electron chi connectivity index (χ0n) is 14.9. The SMILES string of the molecule is O=C(NC[C@H]1CCCCO1)c1coc(COc2ccc3ncccc3c2)n1. The number of carbonyl (C=O) groups is 1. The van der Waals surface area contributed by atoms with E-state index < -0.39 is 0 Å². The van der Waals surface area contributed by atoms with E-state index in [0.717, 1.165) is 36.8 Å². The minimum absolute atomic E-state index is 0.0831. The standard InChI is InChI=1S/C20H21N3O4/c24-20(22-11-16-5-1-2-9-25-16)18-12-27-19(23-18)13-26-15-6-7-17-14(10-15)4-3-8-21-17/h3-4,6-8,10,12,16H,1-2,5,9,11,13H2,(H,22,24)/t16-/m1/s1. The van der Waals surface area contributed by atoms with E-state index in [1.807, 2.05) is 30.3 Å². The Morgan fingerprint density at radius 1 is 1.30 bits per heavy atom. The van der Waals surface area contributed by atoms with Crippen molar-refractivity contribution in [3.63, 3.8) is 0 Å². The topological polar surface area (TPSA) is 86.5 Å². The molecule has 3 heterocycles. The second-order valence-corrected chi connectivity index (χ2v) is 6.47. The van der Waals surface area contributed by atoms with Gasteiger partial charge in [-0.1, -0.05) is 6.07 Å². The molecule has 1 aromatic carbocycles. The van der Waals surface area contributed by atoms with Gasteiger partial charge in [-0.15, -0.1) is 0 Å². The van der Waals surface area contributed by atoms with E-state index in [4.69, 9.17) is 13.9 Å². The van der Waals surface area contributed by atoms with Crippen LogP contribution in [0.1, 0.15) is 35.6 Å². The summed E-state index contributed by atoms with van der Waals surface area (Å²) in [5.74, 6) is 0.769. The highest BCUT2D eigenvalue weighted by Crippen LogP contribution is 2.20. The highest BCUT2D eigenvalue weighted by Gasteiger charge is 2.17. The summed E-state index contributed by atoms with van der Waals surface area (Å²) < 4.78 is 16.7. The number of hydrogen-bond acceptors (Lipinski definition) is 6. The van der Waals surface area contributed by atoms with Gasteiger partial charge in [-0.3, -0.25) is 9.78 Å². The number of nitrogens with one attached hydrogen (secondary N) is 1. The molecule has 4 rings (SSSR count). The molecule has 3 aromatic rings. The Balaban J connectivity index is 1.31. The maximum Gasteiger partial charge on any atom is 0.273 e. The number of carbonyl (C=O) groups excluding carboxylic acids is 1. The Bertz CT molecular complexity index is 918. The zero-order valence-corrected chi connectivity index (χ0v) is 14.9. The van der Waals surface area contributed by atoms with E-state index in [2.05, 4.69) is 15.3 Å². The lowest BCUT2D eigenvalue weighted by molar-refractivity contribution is 0.0168. The molecule has 7 heteroatoms. The summed E-state index contributed by atoms with van der Waals surface area (Å²) in [6.07, 6.45) is 6.38. The number of fused-ring (bicyclic) bond motifs is 1. The Kier molecular flexibility index (Phi) is 5.29. The first-order valence-electron chi connectivity index (χ1n) is 9.10. The average molecular weight is 367 g/mol. The number of oxazole rings is 1.